The van der Waals surface area contributed by atoms with Crippen molar-refractivity contribution in [2.24, 2.45) is 0 Å². The van der Waals surface area contributed by atoms with Crippen LogP contribution in [0.25, 0.3) is 0 Å². The second-order valence-electron chi connectivity index (χ2n) is 1.76. The van der Waals surface area contributed by atoms with Crippen molar-refractivity contribution in [2.75, 3.05) is 0 Å². The van der Waals surface area contributed by atoms with Crippen LogP contribution in [-0.4, -0.2) is 11.0 Å². The van der Waals surface area contributed by atoms with Gasteiger partial charge in [-0.05, 0) is 6.07 Å². The lowest BCUT2D eigenvalue weighted by Gasteiger charge is -1.95. The molecule has 0 amide bonds. The van der Waals surface area contributed by atoms with Gasteiger partial charge in [-0.1, -0.05) is 6.07 Å². The first-order chi connectivity index (χ1) is 4.79. The number of carbonyl (C=O) groups excluding carboxylic acids is 1. The maximum atomic E-state index is 10.4. The van der Waals surface area contributed by atoms with E-state index >= 15 is 0 Å². The molecule has 0 fully saturated rings. The first kappa shape index (κ1) is 9.91. The van der Waals surface area contributed by atoms with E-state index in [0.717, 1.165) is 0 Å². The van der Waals surface area contributed by atoms with Gasteiger partial charge in [0.1, 0.15) is 0 Å². The second-order valence-corrected chi connectivity index (χ2v) is 1.76. The zero-order chi connectivity index (χ0) is 7.40. The Morgan fingerprint density at radius 2 is 2.27 bits per heavy atom. The molecule has 1 aromatic rings. The van der Waals surface area contributed by atoms with Crippen LogP contribution in [0.15, 0.2) is 24.4 Å². The van der Waals surface area contributed by atoms with Crippen molar-refractivity contribution in [1.82, 2.24) is 4.98 Å². The number of pyridine rings is 1. The molecule has 1 heterocycles. The van der Waals surface area contributed by atoms with Gasteiger partial charge < -0.3 is 4.74 Å². The molecule has 0 radical (unpaired) electrons. The van der Waals surface area contributed by atoms with Crippen LogP contribution >= 0.6 is 12.4 Å². The van der Waals surface area contributed by atoms with E-state index in [0.29, 0.717) is 5.88 Å². The summed E-state index contributed by atoms with van der Waals surface area (Å²) in [6.07, 6.45) is 1.57. The average Bonchev–Trinajstić information content (AvgIpc) is 1.88. The summed E-state index contributed by atoms with van der Waals surface area (Å²) in [5.74, 6) is -0.00583. The third kappa shape index (κ3) is 3.57. The molecular weight excluding hydrogens is 166 g/mol. The quantitative estimate of drug-likeness (QED) is 0.603. The molecule has 0 aromatic carbocycles. The lowest BCUT2D eigenvalue weighted by Crippen LogP contribution is -2.02. The normalized spacial score (nSPS) is 8.09. The largest absolute Gasteiger partial charge is 0.408 e. The number of esters is 1. The number of halogens is 1. The van der Waals surface area contributed by atoms with Crippen molar-refractivity contribution in [2.45, 2.75) is 6.92 Å². The molecule has 0 unspecified atom stereocenters. The van der Waals surface area contributed by atoms with Gasteiger partial charge >= 0.3 is 5.97 Å². The Kier molecular flexibility index (Phi) is 4.22. The zero-order valence-corrected chi connectivity index (χ0v) is 6.80. The first-order valence-electron chi connectivity index (χ1n) is 2.88. The molecule has 60 valence electrons. The molecule has 4 heteroatoms. The lowest BCUT2D eigenvalue weighted by atomic mass is 10.5. The molecule has 3 nitrogen and oxygen atoms in total. The van der Waals surface area contributed by atoms with Gasteiger partial charge in [0.15, 0.2) is 0 Å². The summed E-state index contributed by atoms with van der Waals surface area (Å²) in [4.78, 5) is 14.1. The average molecular weight is 174 g/mol. The van der Waals surface area contributed by atoms with Crippen LogP contribution in [0, 0.1) is 0 Å². The number of hydrogen-bond donors (Lipinski definition) is 0. The number of ether oxygens (including phenoxy) is 1. The van der Waals surface area contributed by atoms with Crippen LogP contribution in [0.3, 0.4) is 0 Å². The fourth-order valence-electron chi connectivity index (χ4n) is 0.555. The molecular formula is C7H8ClNO2. The summed E-state index contributed by atoms with van der Waals surface area (Å²) < 4.78 is 4.66. The summed E-state index contributed by atoms with van der Waals surface area (Å²) in [6, 6.07) is 5.14. The van der Waals surface area contributed by atoms with Crippen LogP contribution in [0.4, 0.5) is 0 Å². The highest BCUT2D eigenvalue weighted by molar-refractivity contribution is 5.85. The lowest BCUT2D eigenvalue weighted by molar-refractivity contribution is -0.132. The molecule has 0 aliphatic carbocycles. The third-order valence-electron chi connectivity index (χ3n) is 0.886. The highest BCUT2D eigenvalue weighted by atomic mass is 35.5. The SMILES string of the molecule is CC(=O)Oc1ccccn1.Cl. The van der Waals surface area contributed by atoms with Crippen molar-refractivity contribution in [3.63, 3.8) is 0 Å². The predicted octanol–water partition coefficient (Wildman–Crippen LogP) is 1.43. The Morgan fingerprint density at radius 1 is 1.55 bits per heavy atom. The van der Waals surface area contributed by atoms with Gasteiger partial charge in [-0.25, -0.2) is 4.98 Å². The van der Waals surface area contributed by atoms with E-state index in [1.165, 1.54) is 6.92 Å². The summed E-state index contributed by atoms with van der Waals surface area (Å²) in [7, 11) is 0. The number of aromatic nitrogens is 1. The van der Waals surface area contributed by atoms with Crippen molar-refractivity contribution in [3.8, 4) is 5.88 Å². The maximum absolute atomic E-state index is 10.4. The molecule has 1 rings (SSSR count). The van der Waals surface area contributed by atoms with Crippen LogP contribution in [0.2, 0.25) is 0 Å². The molecule has 0 N–H and O–H groups in total. The number of nitrogens with zero attached hydrogens (tertiary/aromatic N) is 1. The summed E-state index contributed by atoms with van der Waals surface area (Å²) >= 11 is 0. The Balaban J connectivity index is 0.000001000. The molecule has 0 aliphatic heterocycles. The Bertz CT molecular complexity index is 225. The van der Waals surface area contributed by atoms with E-state index in [4.69, 9.17) is 0 Å². The molecule has 0 bridgehead atoms. The van der Waals surface area contributed by atoms with Crippen molar-refractivity contribution < 1.29 is 9.53 Å². The maximum Gasteiger partial charge on any atom is 0.309 e. The van der Waals surface area contributed by atoms with Crippen molar-refractivity contribution in [3.05, 3.63) is 24.4 Å². The Morgan fingerprint density at radius 3 is 2.73 bits per heavy atom. The van der Waals surface area contributed by atoms with E-state index in [2.05, 4.69) is 9.72 Å². The fourth-order valence-corrected chi connectivity index (χ4v) is 0.555. The van der Waals surface area contributed by atoms with Gasteiger partial charge in [-0.15, -0.1) is 12.4 Å². The van der Waals surface area contributed by atoms with Gasteiger partial charge in [0.2, 0.25) is 5.88 Å². The molecule has 0 spiro atoms. The topological polar surface area (TPSA) is 39.2 Å². The van der Waals surface area contributed by atoms with Gasteiger partial charge in [0.05, 0.1) is 0 Å². The number of rotatable bonds is 1. The van der Waals surface area contributed by atoms with Gasteiger partial charge in [-0.2, -0.15) is 0 Å². The second kappa shape index (κ2) is 4.68. The smallest absolute Gasteiger partial charge is 0.309 e. The molecule has 11 heavy (non-hydrogen) atoms. The fraction of sp³-hybridized carbons (Fsp3) is 0.143. The minimum atomic E-state index is -0.348. The number of carbonyl (C=O) groups is 1. The van der Waals surface area contributed by atoms with Gasteiger partial charge in [0.25, 0.3) is 0 Å². The standard InChI is InChI=1S/C7H7NO2.ClH/c1-6(9)10-7-4-2-3-5-8-7;/h2-5H,1H3;1H. The van der Waals surface area contributed by atoms with Gasteiger partial charge in [-0.3, -0.25) is 4.79 Å². The predicted molar refractivity (Wildman–Crippen MR) is 42.8 cm³/mol. The molecule has 1 aromatic heterocycles. The monoisotopic (exact) mass is 173 g/mol. The van der Waals surface area contributed by atoms with E-state index in [-0.39, 0.29) is 18.4 Å². The molecule has 0 saturated heterocycles. The molecule has 0 aliphatic rings. The Labute approximate surface area is 70.8 Å². The van der Waals surface area contributed by atoms with Crippen LogP contribution in [-0.2, 0) is 4.79 Å². The van der Waals surface area contributed by atoms with E-state index in [1.54, 1.807) is 24.4 Å². The van der Waals surface area contributed by atoms with E-state index in [1.807, 2.05) is 0 Å². The van der Waals surface area contributed by atoms with Crippen molar-refractivity contribution in [1.29, 1.82) is 0 Å². The molecule has 0 atom stereocenters. The number of hydrogen-bond acceptors (Lipinski definition) is 3. The summed E-state index contributed by atoms with van der Waals surface area (Å²) in [6.45, 7) is 1.34. The first-order valence-corrected chi connectivity index (χ1v) is 2.88. The highest BCUT2D eigenvalue weighted by Gasteiger charge is 1.94. The van der Waals surface area contributed by atoms with Gasteiger partial charge in [0, 0.05) is 19.2 Å². The van der Waals surface area contributed by atoms with Crippen molar-refractivity contribution >= 4 is 18.4 Å². The van der Waals surface area contributed by atoms with E-state index < -0.39 is 0 Å². The third-order valence-corrected chi connectivity index (χ3v) is 0.886. The van der Waals surface area contributed by atoms with Crippen LogP contribution in [0.1, 0.15) is 6.92 Å². The van der Waals surface area contributed by atoms with Crippen LogP contribution < -0.4 is 4.74 Å². The zero-order valence-electron chi connectivity index (χ0n) is 5.98. The molecule has 0 saturated carbocycles. The van der Waals surface area contributed by atoms with E-state index in [9.17, 15) is 4.79 Å². The summed E-state index contributed by atoms with van der Waals surface area (Å²) in [5.41, 5.74) is 0. The Hall–Kier alpha value is -1.09. The minimum absolute atomic E-state index is 0. The van der Waals surface area contributed by atoms with Crippen LogP contribution in [0.5, 0.6) is 5.88 Å². The summed E-state index contributed by atoms with van der Waals surface area (Å²) in [5, 5.41) is 0. The minimum Gasteiger partial charge on any atom is -0.408 e. The highest BCUT2D eigenvalue weighted by Crippen LogP contribution is 2.02.